The van der Waals surface area contributed by atoms with Gasteiger partial charge in [-0.25, -0.2) is 0 Å². The SMILES string of the molecule is CNCC(C)CNCC(C)O. The van der Waals surface area contributed by atoms with Crippen molar-refractivity contribution in [2.24, 2.45) is 5.92 Å². The Morgan fingerprint density at radius 3 is 2.27 bits per heavy atom. The topological polar surface area (TPSA) is 44.3 Å². The highest BCUT2D eigenvalue weighted by Crippen LogP contribution is 1.88. The Morgan fingerprint density at radius 1 is 1.18 bits per heavy atom. The molecule has 0 aromatic rings. The van der Waals surface area contributed by atoms with E-state index >= 15 is 0 Å². The summed E-state index contributed by atoms with van der Waals surface area (Å²) in [5.41, 5.74) is 0. The van der Waals surface area contributed by atoms with Crippen molar-refractivity contribution < 1.29 is 5.11 Å². The average molecular weight is 160 g/mol. The molecule has 3 nitrogen and oxygen atoms in total. The lowest BCUT2D eigenvalue weighted by atomic mass is 10.2. The van der Waals surface area contributed by atoms with Gasteiger partial charge in [-0.2, -0.15) is 0 Å². The first kappa shape index (κ1) is 10.9. The van der Waals surface area contributed by atoms with Crippen LogP contribution in [0.2, 0.25) is 0 Å². The quantitative estimate of drug-likeness (QED) is 0.505. The molecule has 11 heavy (non-hydrogen) atoms. The molecule has 0 aliphatic rings. The standard InChI is InChI=1S/C8H20N2O/c1-7(4-9-3)5-10-6-8(2)11/h7-11H,4-6H2,1-3H3. The molecular weight excluding hydrogens is 140 g/mol. The summed E-state index contributed by atoms with van der Waals surface area (Å²) in [4.78, 5) is 0. The Labute approximate surface area is 69.2 Å². The molecule has 0 spiro atoms. The first-order chi connectivity index (χ1) is 5.16. The van der Waals surface area contributed by atoms with Crippen molar-refractivity contribution in [2.45, 2.75) is 20.0 Å². The van der Waals surface area contributed by atoms with Crippen molar-refractivity contribution in [2.75, 3.05) is 26.7 Å². The van der Waals surface area contributed by atoms with Crippen molar-refractivity contribution in [1.82, 2.24) is 10.6 Å². The molecule has 0 aliphatic carbocycles. The van der Waals surface area contributed by atoms with Crippen molar-refractivity contribution >= 4 is 0 Å². The van der Waals surface area contributed by atoms with Crippen LogP contribution in [0.25, 0.3) is 0 Å². The molecule has 68 valence electrons. The van der Waals surface area contributed by atoms with Gasteiger partial charge in [-0.1, -0.05) is 6.92 Å². The van der Waals surface area contributed by atoms with Gasteiger partial charge in [0.2, 0.25) is 0 Å². The molecule has 0 aromatic heterocycles. The monoisotopic (exact) mass is 160 g/mol. The second kappa shape index (κ2) is 6.58. The van der Waals surface area contributed by atoms with E-state index in [0.717, 1.165) is 13.1 Å². The molecule has 2 atom stereocenters. The Kier molecular flexibility index (Phi) is 6.51. The molecule has 0 aliphatic heterocycles. The van der Waals surface area contributed by atoms with Crippen molar-refractivity contribution in [1.29, 1.82) is 0 Å². The lowest BCUT2D eigenvalue weighted by Crippen LogP contribution is -2.32. The summed E-state index contributed by atoms with van der Waals surface area (Å²) in [6, 6.07) is 0. The van der Waals surface area contributed by atoms with Crippen molar-refractivity contribution in [3.63, 3.8) is 0 Å². The van der Waals surface area contributed by atoms with Crippen molar-refractivity contribution in [3.8, 4) is 0 Å². The summed E-state index contributed by atoms with van der Waals surface area (Å²) in [6.07, 6.45) is -0.239. The number of aliphatic hydroxyl groups is 1. The number of nitrogens with one attached hydrogen (secondary N) is 2. The van der Waals surface area contributed by atoms with Crippen LogP contribution in [-0.4, -0.2) is 37.9 Å². The molecule has 0 saturated heterocycles. The van der Waals surface area contributed by atoms with Crippen LogP contribution in [0.5, 0.6) is 0 Å². The zero-order valence-corrected chi connectivity index (χ0v) is 7.72. The van der Waals surface area contributed by atoms with Crippen LogP contribution >= 0.6 is 0 Å². The number of hydrogen-bond donors (Lipinski definition) is 3. The lowest BCUT2D eigenvalue weighted by Gasteiger charge is -2.12. The van der Waals surface area contributed by atoms with E-state index in [9.17, 15) is 0 Å². The smallest absolute Gasteiger partial charge is 0.0636 e. The van der Waals surface area contributed by atoms with E-state index in [4.69, 9.17) is 5.11 Å². The number of rotatable bonds is 6. The van der Waals surface area contributed by atoms with Gasteiger partial charge < -0.3 is 15.7 Å². The molecule has 0 aromatic carbocycles. The summed E-state index contributed by atoms with van der Waals surface area (Å²) in [5.74, 6) is 0.624. The fourth-order valence-electron chi connectivity index (χ4n) is 0.959. The van der Waals surface area contributed by atoms with Crippen molar-refractivity contribution in [3.05, 3.63) is 0 Å². The highest BCUT2D eigenvalue weighted by atomic mass is 16.3. The zero-order chi connectivity index (χ0) is 8.69. The van der Waals surface area contributed by atoms with E-state index in [-0.39, 0.29) is 6.10 Å². The Morgan fingerprint density at radius 2 is 1.82 bits per heavy atom. The largest absolute Gasteiger partial charge is 0.392 e. The molecule has 0 radical (unpaired) electrons. The average Bonchev–Trinajstić information content (AvgIpc) is 1.87. The van der Waals surface area contributed by atoms with Crippen LogP contribution in [0.15, 0.2) is 0 Å². The van der Waals surface area contributed by atoms with Crippen LogP contribution in [-0.2, 0) is 0 Å². The molecule has 0 fully saturated rings. The normalized spacial score (nSPS) is 16.4. The molecule has 0 amide bonds. The minimum Gasteiger partial charge on any atom is -0.392 e. The minimum absolute atomic E-state index is 0.239. The van der Waals surface area contributed by atoms with Crippen LogP contribution in [0.3, 0.4) is 0 Å². The molecule has 0 rings (SSSR count). The van der Waals surface area contributed by atoms with Crippen LogP contribution in [0.1, 0.15) is 13.8 Å². The highest BCUT2D eigenvalue weighted by Gasteiger charge is 2.00. The minimum atomic E-state index is -0.239. The van der Waals surface area contributed by atoms with E-state index in [1.54, 1.807) is 6.92 Å². The number of aliphatic hydroxyl groups excluding tert-OH is 1. The first-order valence-electron chi connectivity index (χ1n) is 4.20. The highest BCUT2D eigenvalue weighted by molar-refractivity contribution is 4.60. The molecule has 3 heteroatoms. The second-order valence-electron chi connectivity index (χ2n) is 3.17. The lowest BCUT2D eigenvalue weighted by molar-refractivity contribution is 0.189. The van der Waals surface area contributed by atoms with E-state index in [1.807, 2.05) is 7.05 Å². The molecule has 0 saturated carbocycles. The van der Waals surface area contributed by atoms with Gasteiger partial charge in [0.25, 0.3) is 0 Å². The Hall–Kier alpha value is -0.120. The summed E-state index contributed by atoms with van der Waals surface area (Å²) in [5, 5.41) is 15.2. The molecular formula is C8H20N2O. The maximum absolute atomic E-state index is 8.92. The zero-order valence-electron chi connectivity index (χ0n) is 7.72. The molecule has 0 heterocycles. The van der Waals surface area contributed by atoms with Gasteiger partial charge in [-0.3, -0.25) is 0 Å². The predicted molar refractivity (Wildman–Crippen MR) is 47.6 cm³/mol. The Bertz CT molecular complexity index is 86.2. The maximum Gasteiger partial charge on any atom is 0.0636 e. The summed E-state index contributed by atoms with van der Waals surface area (Å²) < 4.78 is 0. The van der Waals surface area contributed by atoms with Gasteiger partial charge in [0.1, 0.15) is 0 Å². The first-order valence-corrected chi connectivity index (χ1v) is 4.20. The van der Waals surface area contributed by atoms with Crippen LogP contribution in [0.4, 0.5) is 0 Å². The van der Waals surface area contributed by atoms with E-state index in [0.29, 0.717) is 12.5 Å². The Balaban J connectivity index is 3.10. The van der Waals surface area contributed by atoms with Gasteiger partial charge in [0.15, 0.2) is 0 Å². The van der Waals surface area contributed by atoms with Gasteiger partial charge >= 0.3 is 0 Å². The van der Waals surface area contributed by atoms with E-state index in [2.05, 4.69) is 17.6 Å². The summed E-state index contributed by atoms with van der Waals surface area (Å²) >= 11 is 0. The van der Waals surface area contributed by atoms with Gasteiger partial charge in [0, 0.05) is 6.54 Å². The van der Waals surface area contributed by atoms with Crippen LogP contribution < -0.4 is 10.6 Å². The molecule has 3 N–H and O–H groups in total. The van der Waals surface area contributed by atoms with Gasteiger partial charge in [0.05, 0.1) is 6.10 Å². The molecule has 2 unspecified atom stereocenters. The third-order valence-electron chi connectivity index (χ3n) is 1.49. The summed E-state index contributed by atoms with van der Waals surface area (Å²) in [7, 11) is 1.95. The third-order valence-corrected chi connectivity index (χ3v) is 1.49. The van der Waals surface area contributed by atoms with Gasteiger partial charge in [-0.15, -0.1) is 0 Å². The fraction of sp³-hybridized carbons (Fsp3) is 1.00. The maximum atomic E-state index is 8.92. The number of hydrogen-bond acceptors (Lipinski definition) is 3. The van der Waals surface area contributed by atoms with Gasteiger partial charge in [-0.05, 0) is 33.0 Å². The molecule has 0 bridgehead atoms. The fourth-order valence-corrected chi connectivity index (χ4v) is 0.959. The third kappa shape index (κ3) is 7.78. The predicted octanol–water partition coefficient (Wildman–Crippen LogP) is -0.188. The van der Waals surface area contributed by atoms with Crippen LogP contribution in [0, 0.1) is 5.92 Å². The van der Waals surface area contributed by atoms with E-state index < -0.39 is 0 Å². The van der Waals surface area contributed by atoms with E-state index in [1.165, 1.54) is 0 Å². The second-order valence-corrected chi connectivity index (χ2v) is 3.17. The summed E-state index contributed by atoms with van der Waals surface area (Å²) in [6.45, 7) is 6.63.